The fraction of sp³-hybridized carbons (Fsp3) is 0.703. The Balaban J connectivity index is 4.78. The largest absolute Gasteiger partial charge is 0.472 e. The van der Waals surface area contributed by atoms with Crippen LogP contribution in [0.25, 0.3) is 0 Å². The highest BCUT2D eigenvalue weighted by molar-refractivity contribution is 7.47. The van der Waals surface area contributed by atoms with Crippen molar-refractivity contribution in [2.45, 2.75) is 264 Å². The molecule has 11 nitrogen and oxygen atoms in total. The predicted molar refractivity (Wildman–Crippen MR) is 316 cm³/mol. The monoisotopic (exact) mass is 1080 g/mol. The molecule has 436 valence electrons. The number of carbonyl (C=O) groups is 3. The first-order valence-electron chi connectivity index (χ1n) is 30.1. The quantitative estimate of drug-likeness (QED) is 0.0197. The van der Waals surface area contributed by atoms with E-state index in [1.165, 1.54) is 96.3 Å². The van der Waals surface area contributed by atoms with Crippen LogP contribution in [0.2, 0.25) is 0 Å². The smallest absolute Gasteiger partial charge is 0.462 e. The molecule has 0 aromatic rings. The van der Waals surface area contributed by atoms with Crippen LogP contribution in [0.1, 0.15) is 252 Å². The Kier molecular flexibility index (Phi) is 54.8. The van der Waals surface area contributed by atoms with Gasteiger partial charge in [-0.25, -0.2) is 4.57 Å². The standard InChI is InChI=1S/C64H109O11P/c1-4-7-10-13-16-19-22-25-28-29-30-31-34-35-38-41-44-47-50-53-62(66)71-57-61(75-64(68)55-52-49-46-43-40-37-33-27-24-21-18-15-12-9-6-3)59-73-76(69,70)72-58-60(56-65)74-63(67)54-51-48-45-42-39-36-32-26-23-20-17-14-11-8-5-2/h8-9,11-12,17-18,20-21,26-27,32-33,40,43,49,52,60-61,65H,4-7,10,13-16,19,22-25,28-31,34-39,41-42,44-48,50-51,53-59H2,1-3H3,(H,69,70)/b11-8-,12-9-,20-17-,21-18-,32-26-,33-27-,43-40-,52-49-. The third-order valence-corrected chi connectivity index (χ3v) is 13.5. The summed E-state index contributed by atoms with van der Waals surface area (Å²) >= 11 is 0. The van der Waals surface area contributed by atoms with Crippen molar-refractivity contribution in [2.75, 3.05) is 26.4 Å². The van der Waals surface area contributed by atoms with Crippen molar-refractivity contribution in [3.05, 3.63) is 97.2 Å². The summed E-state index contributed by atoms with van der Waals surface area (Å²) in [6.45, 7) is 4.31. The number of aliphatic hydroxyl groups is 1. The average molecular weight is 1090 g/mol. The van der Waals surface area contributed by atoms with Gasteiger partial charge in [-0.2, -0.15) is 0 Å². The summed E-state index contributed by atoms with van der Waals surface area (Å²) in [5, 5.41) is 9.82. The van der Waals surface area contributed by atoms with Crippen LogP contribution in [0.15, 0.2) is 97.2 Å². The van der Waals surface area contributed by atoms with Crippen LogP contribution in [0, 0.1) is 0 Å². The van der Waals surface area contributed by atoms with Crippen LogP contribution in [-0.4, -0.2) is 66.5 Å². The fourth-order valence-corrected chi connectivity index (χ4v) is 8.82. The molecule has 0 saturated heterocycles. The van der Waals surface area contributed by atoms with Crippen molar-refractivity contribution in [1.82, 2.24) is 0 Å². The lowest BCUT2D eigenvalue weighted by Crippen LogP contribution is -2.30. The van der Waals surface area contributed by atoms with Crippen LogP contribution in [0.4, 0.5) is 0 Å². The third kappa shape index (κ3) is 55.2. The van der Waals surface area contributed by atoms with Crippen molar-refractivity contribution >= 4 is 25.7 Å². The van der Waals surface area contributed by atoms with Gasteiger partial charge in [-0.15, -0.1) is 0 Å². The van der Waals surface area contributed by atoms with E-state index in [2.05, 4.69) is 99.8 Å². The molecule has 0 aliphatic rings. The van der Waals surface area contributed by atoms with Crippen LogP contribution in [0.5, 0.6) is 0 Å². The lowest BCUT2D eigenvalue weighted by atomic mass is 10.0. The molecule has 0 fully saturated rings. The number of hydrogen-bond donors (Lipinski definition) is 2. The summed E-state index contributed by atoms with van der Waals surface area (Å²) < 4.78 is 39.4. The fourth-order valence-electron chi connectivity index (χ4n) is 8.04. The van der Waals surface area contributed by atoms with Gasteiger partial charge in [0.15, 0.2) is 6.10 Å². The molecule has 12 heteroatoms. The van der Waals surface area contributed by atoms with E-state index in [9.17, 15) is 28.9 Å². The second kappa shape index (κ2) is 57.6. The molecule has 0 radical (unpaired) electrons. The first-order chi connectivity index (χ1) is 37.2. The van der Waals surface area contributed by atoms with Gasteiger partial charge in [0.05, 0.1) is 26.2 Å². The van der Waals surface area contributed by atoms with Crippen molar-refractivity contribution in [3.63, 3.8) is 0 Å². The number of phosphoric ester groups is 1. The van der Waals surface area contributed by atoms with E-state index < -0.39 is 57.8 Å². The Morgan fingerprint density at radius 2 is 0.737 bits per heavy atom. The molecular formula is C64H109O11P. The Morgan fingerprint density at radius 3 is 1.16 bits per heavy atom. The molecule has 0 amide bonds. The van der Waals surface area contributed by atoms with Gasteiger partial charge in [0.1, 0.15) is 12.7 Å². The molecule has 0 aromatic carbocycles. The number of hydrogen-bond acceptors (Lipinski definition) is 10. The number of carbonyl (C=O) groups excluding carboxylic acids is 3. The Morgan fingerprint density at radius 1 is 0.395 bits per heavy atom. The number of esters is 3. The van der Waals surface area contributed by atoms with Gasteiger partial charge in [0, 0.05) is 12.8 Å². The molecule has 0 saturated carbocycles. The van der Waals surface area contributed by atoms with E-state index in [1.54, 1.807) is 6.08 Å². The maximum atomic E-state index is 12.9. The summed E-state index contributed by atoms with van der Waals surface area (Å²) in [4.78, 5) is 48.5. The molecule has 0 spiro atoms. The molecule has 3 unspecified atom stereocenters. The zero-order chi connectivity index (χ0) is 55.5. The predicted octanol–water partition coefficient (Wildman–Crippen LogP) is 18.0. The Labute approximate surface area is 463 Å². The lowest BCUT2D eigenvalue weighted by Gasteiger charge is -2.21. The number of unbranched alkanes of at least 4 members (excludes halogenated alkanes) is 23. The number of rotatable bonds is 55. The molecular weight excluding hydrogens is 976 g/mol. The van der Waals surface area contributed by atoms with Gasteiger partial charge in [0.25, 0.3) is 0 Å². The summed E-state index contributed by atoms with van der Waals surface area (Å²) in [6.07, 6.45) is 68.3. The highest BCUT2D eigenvalue weighted by Gasteiger charge is 2.28. The molecule has 76 heavy (non-hydrogen) atoms. The van der Waals surface area contributed by atoms with Gasteiger partial charge in [-0.3, -0.25) is 23.4 Å². The topological polar surface area (TPSA) is 155 Å². The van der Waals surface area contributed by atoms with E-state index in [0.29, 0.717) is 19.3 Å². The molecule has 0 bridgehead atoms. The SMILES string of the molecule is CC/C=C\C/C=C\C/C=C\C/C=C\C/C=C\CC(=O)OC(COC(=O)CCCCCCCCCCCCCCCCCCCCC)COP(=O)(O)OCC(CO)OC(=O)CCCCCCC/C=C\C/C=C\C/C=C\CC. The zero-order valence-corrected chi connectivity index (χ0v) is 49.1. The maximum absolute atomic E-state index is 12.9. The van der Waals surface area contributed by atoms with Crippen molar-refractivity contribution in [3.8, 4) is 0 Å². The van der Waals surface area contributed by atoms with Crippen LogP contribution >= 0.6 is 7.82 Å². The molecule has 0 aliphatic heterocycles. The Hall–Kier alpha value is -3.60. The first kappa shape index (κ1) is 72.4. The lowest BCUT2D eigenvalue weighted by molar-refractivity contribution is -0.160. The number of ether oxygens (including phenoxy) is 3. The van der Waals surface area contributed by atoms with E-state index in [4.69, 9.17) is 23.3 Å². The number of phosphoric acid groups is 1. The van der Waals surface area contributed by atoms with Crippen molar-refractivity contribution in [2.24, 2.45) is 0 Å². The van der Waals surface area contributed by atoms with Gasteiger partial charge < -0.3 is 24.2 Å². The highest BCUT2D eigenvalue weighted by atomic mass is 31.2. The van der Waals surface area contributed by atoms with Gasteiger partial charge in [0.2, 0.25) is 0 Å². The third-order valence-electron chi connectivity index (χ3n) is 12.5. The van der Waals surface area contributed by atoms with Crippen molar-refractivity contribution < 1.29 is 52.2 Å². The zero-order valence-electron chi connectivity index (χ0n) is 48.2. The van der Waals surface area contributed by atoms with Gasteiger partial charge in [-0.1, -0.05) is 253 Å². The number of allylic oxidation sites excluding steroid dienone is 15. The van der Waals surface area contributed by atoms with E-state index in [1.807, 2.05) is 12.2 Å². The van der Waals surface area contributed by atoms with Crippen LogP contribution in [0.3, 0.4) is 0 Å². The minimum atomic E-state index is -4.78. The Bertz CT molecular complexity index is 1640. The molecule has 0 rings (SSSR count). The highest BCUT2D eigenvalue weighted by Crippen LogP contribution is 2.43. The molecule has 0 aliphatic carbocycles. The summed E-state index contributed by atoms with van der Waals surface area (Å²) in [6, 6.07) is 0. The maximum Gasteiger partial charge on any atom is 0.472 e. The normalized spacial score (nSPS) is 14.0. The summed E-state index contributed by atoms with van der Waals surface area (Å²) in [5.41, 5.74) is 0. The van der Waals surface area contributed by atoms with Crippen LogP contribution in [-0.2, 0) is 42.2 Å². The molecule has 0 heterocycles. The second-order valence-corrected chi connectivity index (χ2v) is 21.2. The first-order valence-corrected chi connectivity index (χ1v) is 31.6. The molecule has 0 aromatic heterocycles. The van der Waals surface area contributed by atoms with E-state index in [-0.39, 0.29) is 25.9 Å². The van der Waals surface area contributed by atoms with E-state index >= 15 is 0 Å². The molecule has 2 N–H and O–H groups in total. The molecule has 3 atom stereocenters. The van der Waals surface area contributed by atoms with Crippen LogP contribution < -0.4 is 0 Å². The summed E-state index contributed by atoms with van der Waals surface area (Å²) in [7, 11) is -4.78. The number of aliphatic hydroxyl groups excluding tert-OH is 1. The van der Waals surface area contributed by atoms with E-state index in [0.717, 1.165) is 96.3 Å². The minimum Gasteiger partial charge on any atom is -0.462 e. The van der Waals surface area contributed by atoms with Gasteiger partial charge >= 0.3 is 25.7 Å². The minimum absolute atomic E-state index is 0.0676. The van der Waals surface area contributed by atoms with Gasteiger partial charge in [-0.05, 0) is 77.0 Å². The summed E-state index contributed by atoms with van der Waals surface area (Å²) in [5.74, 6) is -1.63. The van der Waals surface area contributed by atoms with Crippen molar-refractivity contribution in [1.29, 1.82) is 0 Å². The second-order valence-electron chi connectivity index (χ2n) is 19.8. The average Bonchev–Trinajstić information content (AvgIpc) is 3.41.